The second-order valence-electron chi connectivity index (χ2n) is 6.03. The van der Waals surface area contributed by atoms with Crippen LogP contribution in [-0.2, 0) is 6.54 Å². The highest BCUT2D eigenvalue weighted by atomic mass is 16.2. The largest absolute Gasteiger partial charge is 0.338 e. The Hall–Kier alpha value is -1.62. The molecule has 2 rings (SSSR count). The number of aromatic nitrogens is 1. The second-order valence-corrected chi connectivity index (χ2v) is 6.03. The average Bonchev–Trinajstić information content (AvgIpc) is 2.48. The van der Waals surface area contributed by atoms with Gasteiger partial charge in [0.2, 0.25) is 0 Å². The number of hydrogen-bond acceptors (Lipinski definition) is 3. The van der Waals surface area contributed by atoms with Crippen molar-refractivity contribution in [3.8, 4) is 0 Å². The Morgan fingerprint density at radius 3 is 2.52 bits per heavy atom. The van der Waals surface area contributed by atoms with E-state index in [1.165, 1.54) is 5.56 Å². The van der Waals surface area contributed by atoms with Crippen LogP contribution in [0.15, 0.2) is 24.5 Å². The topological polar surface area (TPSA) is 48.5 Å². The number of nitrogens with one attached hydrogen (secondary N) is 1. The van der Waals surface area contributed by atoms with Crippen LogP contribution in [-0.4, -0.2) is 53.5 Å². The number of amides is 2. The quantitative estimate of drug-likeness (QED) is 0.902. The summed E-state index contributed by atoms with van der Waals surface area (Å²) in [5, 5.41) is 3.01. The highest BCUT2D eigenvalue weighted by Crippen LogP contribution is 2.08. The standard InChI is InChI=1S/C16H26N4O/c1-14(2)3-8-18-16(21)20-11-9-19(10-12-20)13-15-4-6-17-7-5-15/h4-7,14H,3,8-13H2,1-2H3,(H,18,21). The minimum atomic E-state index is 0.0826. The average molecular weight is 290 g/mol. The van der Waals surface area contributed by atoms with Crippen molar-refractivity contribution in [3.05, 3.63) is 30.1 Å². The Morgan fingerprint density at radius 1 is 1.24 bits per heavy atom. The zero-order valence-electron chi connectivity index (χ0n) is 13.1. The lowest BCUT2D eigenvalue weighted by atomic mass is 10.1. The summed E-state index contributed by atoms with van der Waals surface area (Å²) in [6.07, 6.45) is 4.69. The monoisotopic (exact) mass is 290 g/mol. The maximum absolute atomic E-state index is 12.0. The molecule has 1 N–H and O–H groups in total. The van der Waals surface area contributed by atoms with Gasteiger partial charge < -0.3 is 10.2 Å². The van der Waals surface area contributed by atoms with E-state index in [9.17, 15) is 4.79 Å². The van der Waals surface area contributed by atoms with E-state index < -0.39 is 0 Å². The van der Waals surface area contributed by atoms with Gasteiger partial charge in [0.25, 0.3) is 0 Å². The minimum Gasteiger partial charge on any atom is -0.338 e. The first kappa shape index (κ1) is 15.8. The molecule has 5 heteroatoms. The summed E-state index contributed by atoms with van der Waals surface area (Å²) in [6.45, 7) is 9.52. The van der Waals surface area contributed by atoms with E-state index in [1.54, 1.807) is 0 Å². The summed E-state index contributed by atoms with van der Waals surface area (Å²) in [7, 11) is 0. The number of carbonyl (C=O) groups is 1. The first-order valence-corrected chi connectivity index (χ1v) is 7.79. The maximum atomic E-state index is 12.0. The number of nitrogens with zero attached hydrogens (tertiary/aromatic N) is 3. The van der Waals surface area contributed by atoms with Crippen molar-refractivity contribution in [2.24, 2.45) is 5.92 Å². The lowest BCUT2D eigenvalue weighted by Gasteiger charge is -2.34. The molecule has 1 fully saturated rings. The molecule has 21 heavy (non-hydrogen) atoms. The summed E-state index contributed by atoms with van der Waals surface area (Å²) in [5.74, 6) is 0.627. The number of pyridine rings is 1. The van der Waals surface area contributed by atoms with Gasteiger partial charge >= 0.3 is 6.03 Å². The van der Waals surface area contributed by atoms with Crippen molar-refractivity contribution >= 4 is 6.03 Å². The molecule has 0 atom stereocenters. The molecule has 0 aliphatic carbocycles. The predicted molar refractivity (Wildman–Crippen MR) is 83.9 cm³/mol. The SMILES string of the molecule is CC(C)CCNC(=O)N1CCN(Cc2ccncc2)CC1. The maximum Gasteiger partial charge on any atom is 0.317 e. The fourth-order valence-corrected chi connectivity index (χ4v) is 2.44. The highest BCUT2D eigenvalue weighted by Gasteiger charge is 2.20. The van der Waals surface area contributed by atoms with Gasteiger partial charge in [-0.05, 0) is 30.0 Å². The lowest BCUT2D eigenvalue weighted by Crippen LogP contribution is -2.51. The Bertz CT molecular complexity index is 427. The van der Waals surface area contributed by atoms with Gasteiger partial charge in [0.1, 0.15) is 0 Å². The first-order chi connectivity index (χ1) is 10.1. The van der Waals surface area contributed by atoms with Crippen LogP contribution in [0.25, 0.3) is 0 Å². The molecule has 116 valence electrons. The smallest absolute Gasteiger partial charge is 0.317 e. The molecular weight excluding hydrogens is 264 g/mol. The van der Waals surface area contributed by atoms with Crippen molar-refractivity contribution in [3.63, 3.8) is 0 Å². The third-order valence-corrected chi connectivity index (χ3v) is 3.81. The van der Waals surface area contributed by atoms with Gasteiger partial charge in [-0.2, -0.15) is 0 Å². The highest BCUT2D eigenvalue weighted by molar-refractivity contribution is 5.74. The van der Waals surface area contributed by atoms with Crippen molar-refractivity contribution < 1.29 is 4.79 Å². The molecule has 0 saturated carbocycles. The molecule has 1 saturated heterocycles. The summed E-state index contributed by atoms with van der Waals surface area (Å²) < 4.78 is 0. The summed E-state index contributed by atoms with van der Waals surface area (Å²) in [6, 6.07) is 4.18. The number of carbonyl (C=O) groups excluding carboxylic acids is 1. The van der Waals surface area contributed by atoms with Crippen LogP contribution >= 0.6 is 0 Å². The van der Waals surface area contributed by atoms with Crippen LogP contribution in [0, 0.1) is 5.92 Å². The van der Waals surface area contributed by atoms with Gasteiger partial charge in [0, 0.05) is 51.7 Å². The van der Waals surface area contributed by atoms with E-state index in [2.05, 4.69) is 29.0 Å². The van der Waals surface area contributed by atoms with Gasteiger partial charge in [-0.3, -0.25) is 9.88 Å². The summed E-state index contributed by atoms with van der Waals surface area (Å²) >= 11 is 0. The van der Waals surface area contributed by atoms with E-state index in [0.717, 1.165) is 45.7 Å². The molecule has 0 radical (unpaired) electrons. The van der Waals surface area contributed by atoms with Crippen LogP contribution < -0.4 is 5.32 Å². The second kappa shape index (κ2) is 7.98. The molecule has 2 amide bonds. The number of hydrogen-bond donors (Lipinski definition) is 1. The zero-order chi connectivity index (χ0) is 15.1. The Balaban J connectivity index is 1.69. The molecule has 5 nitrogen and oxygen atoms in total. The van der Waals surface area contributed by atoms with E-state index >= 15 is 0 Å². The Labute approximate surface area is 127 Å². The first-order valence-electron chi connectivity index (χ1n) is 7.79. The van der Waals surface area contributed by atoms with Gasteiger partial charge in [0.05, 0.1) is 0 Å². The molecule has 1 aromatic rings. The van der Waals surface area contributed by atoms with Gasteiger partial charge in [-0.25, -0.2) is 4.79 Å². The molecule has 1 aliphatic heterocycles. The van der Waals surface area contributed by atoms with E-state index in [1.807, 2.05) is 29.4 Å². The van der Waals surface area contributed by atoms with E-state index in [0.29, 0.717) is 5.92 Å². The van der Waals surface area contributed by atoms with Crippen LogP contribution in [0.1, 0.15) is 25.8 Å². The Morgan fingerprint density at radius 2 is 1.90 bits per heavy atom. The van der Waals surface area contributed by atoms with Crippen LogP contribution in [0.4, 0.5) is 4.79 Å². The summed E-state index contributed by atoms with van der Waals surface area (Å²) in [5.41, 5.74) is 1.28. The van der Waals surface area contributed by atoms with Gasteiger partial charge in [-0.1, -0.05) is 13.8 Å². The molecule has 0 aromatic carbocycles. The van der Waals surface area contributed by atoms with Crippen molar-refractivity contribution in [2.75, 3.05) is 32.7 Å². The minimum absolute atomic E-state index is 0.0826. The molecule has 1 aliphatic rings. The predicted octanol–water partition coefficient (Wildman–Crippen LogP) is 1.95. The van der Waals surface area contributed by atoms with E-state index in [-0.39, 0.29) is 6.03 Å². The third-order valence-electron chi connectivity index (χ3n) is 3.81. The molecule has 0 unspecified atom stereocenters. The van der Waals surface area contributed by atoms with Crippen molar-refractivity contribution in [1.29, 1.82) is 0 Å². The molecule has 1 aromatic heterocycles. The summed E-state index contributed by atoms with van der Waals surface area (Å²) in [4.78, 5) is 20.4. The van der Waals surface area contributed by atoms with Gasteiger partial charge in [-0.15, -0.1) is 0 Å². The lowest BCUT2D eigenvalue weighted by molar-refractivity contribution is 0.135. The van der Waals surface area contributed by atoms with Crippen molar-refractivity contribution in [1.82, 2.24) is 20.1 Å². The zero-order valence-corrected chi connectivity index (χ0v) is 13.1. The molecule has 2 heterocycles. The number of urea groups is 1. The van der Waals surface area contributed by atoms with E-state index in [4.69, 9.17) is 0 Å². The normalized spacial score (nSPS) is 16.2. The van der Waals surface area contributed by atoms with Gasteiger partial charge in [0.15, 0.2) is 0 Å². The third kappa shape index (κ3) is 5.34. The van der Waals surface area contributed by atoms with Crippen LogP contribution in [0.5, 0.6) is 0 Å². The fraction of sp³-hybridized carbons (Fsp3) is 0.625. The van der Waals surface area contributed by atoms with Crippen LogP contribution in [0.3, 0.4) is 0 Å². The number of piperazine rings is 1. The Kier molecular flexibility index (Phi) is 5.99. The van der Waals surface area contributed by atoms with Crippen LogP contribution in [0.2, 0.25) is 0 Å². The fourth-order valence-electron chi connectivity index (χ4n) is 2.44. The van der Waals surface area contributed by atoms with Crippen molar-refractivity contribution in [2.45, 2.75) is 26.8 Å². The molecule has 0 bridgehead atoms. The molecule has 0 spiro atoms. The number of rotatable bonds is 5. The molecular formula is C16H26N4O.